The number of rotatable bonds is 12. The summed E-state index contributed by atoms with van der Waals surface area (Å²) in [6.07, 6.45) is 1.13. The molecule has 1 atom stereocenters. The summed E-state index contributed by atoms with van der Waals surface area (Å²) in [5.74, 6) is -0.624. The smallest absolute Gasteiger partial charge is 0.354 e. The predicted molar refractivity (Wildman–Crippen MR) is 224 cm³/mol. The second-order valence-corrected chi connectivity index (χ2v) is 16.2. The predicted octanol–water partition coefficient (Wildman–Crippen LogP) is 10.2. The molecule has 0 fully saturated rings. The average Bonchev–Trinajstić information content (AvgIpc) is 3.73. The largest absolute Gasteiger partial charge is 0.494 e. The molecule has 0 bridgehead atoms. The van der Waals surface area contributed by atoms with E-state index >= 15 is 4.79 Å². The molecule has 0 spiro atoms. The quantitative estimate of drug-likeness (QED) is 0.124. The third kappa shape index (κ3) is 6.75. The van der Waals surface area contributed by atoms with E-state index in [0.717, 1.165) is 72.0 Å². The molecule has 0 saturated carbocycles. The molecular formula is C44H49Cl2N5O5. The second kappa shape index (κ2) is 15.3. The van der Waals surface area contributed by atoms with Crippen molar-refractivity contribution in [3.05, 3.63) is 97.5 Å². The lowest BCUT2D eigenvalue weighted by Gasteiger charge is -2.34. The first kappa shape index (κ1) is 39.5. The Hall–Kier alpha value is -4.77. The van der Waals surface area contributed by atoms with Gasteiger partial charge in [0.1, 0.15) is 11.4 Å². The van der Waals surface area contributed by atoms with Crippen molar-refractivity contribution in [3.63, 3.8) is 0 Å². The van der Waals surface area contributed by atoms with Gasteiger partial charge in [0.25, 0.3) is 5.91 Å². The third-order valence-electron chi connectivity index (χ3n) is 11.0. The molecule has 6 aromatic rings. The van der Waals surface area contributed by atoms with Crippen molar-refractivity contribution in [2.24, 2.45) is 7.05 Å². The Morgan fingerprint density at radius 1 is 0.982 bits per heavy atom. The molecule has 1 amide bonds. The highest BCUT2D eigenvalue weighted by Crippen LogP contribution is 2.46. The number of aromatic nitrogens is 4. The molecule has 0 aliphatic carbocycles. The molecule has 3 aromatic heterocycles. The van der Waals surface area contributed by atoms with Gasteiger partial charge < -0.3 is 28.6 Å². The van der Waals surface area contributed by atoms with E-state index in [-0.39, 0.29) is 30.3 Å². The lowest BCUT2D eigenvalue weighted by Crippen LogP contribution is -2.43. The highest BCUT2D eigenvalue weighted by atomic mass is 35.5. The van der Waals surface area contributed by atoms with Crippen LogP contribution < -0.4 is 9.64 Å². The molecule has 56 heavy (non-hydrogen) atoms. The van der Waals surface area contributed by atoms with Gasteiger partial charge in [-0.25, -0.2) is 4.79 Å². The first-order chi connectivity index (χ1) is 26.6. The van der Waals surface area contributed by atoms with Crippen LogP contribution in [0.5, 0.6) is 5.75 Å². The summed E-state index contributed by atoms with van der Waals surface area (Å²) in [5, 5.41) is 18.5. The molecule has 1 aliphatic heterocycles. The van der Waals surface area contributed by atoms with Crippen LogP contribution in [-0.2, 0) is 24.8 Å². The molecule has 4 heterocycles. The van der Waals surface area contributed by atoms with Crippen LogP contribution in [0.4, 0.5) is 5.69 Å². The number of fused-ring (bicyclic) bond motifs is 4. The summed E-state index contributed by atoms with van der Waals surface area (Å²) in [5.41, 5.74) is 9.89. The van der Waals surface area contributed by atoms with Gasteiger partial charge in [-0.05, 0) is 115 Å². The third-order valence-corrected chi connectivity index (χ3v) is 11.9. The van der Waals surface area contributed by atoms with E-state index in [0.29, 0.717) is 54.4 Å². The van der Waals surface area contributed by atoms with Crippen LogP contribution in [0.15, 0.2) is 42.5 Å². The maximum absolute atomic E-state index is 15.4. The number of benzene rings is 3. The number of carbonyl (C=O) groups excluding carboxylic acids is 1. The lowest BCUT2D eigenvalue weighted by atomic mass is 9.98. The van der Waals surface area contributed by atoms with E-state index in [1.165, 1.54) is 0 Å². The van der Waals surface area contributed by atoms with E-state index in [2.05, 4.69) is 11.5 Å². The highest BCUT2D eigenvalue weighted by molar-refractivity contribution is 6.35. The fourth-order valence-corrected chi connectivity index (χ4v) is 8.83. The van der Waals surface area contributed by atoms with Gasteiger partial charge in [0.2, 0.25) is 0 Å². The summed E-state index contributed by atoms with van der Waals surface area (Å²) in [6.45, 7) is 17.2. The maximum Gasteiger partial charge on any atom is 0.354 e. The minimum Gasteiger partial charge on any atom is -0.494 e. The number of carboxylic acids is 1. The van der Waals surface area contributed by atoms with E-state index in [1.807, 2.05) is 103 Å². The van der Waals surface area contributed by atoms with Crippen molar-refractivity contribution in [1.29, 1.82) is 0 Å². The molecule has 0 unspecified atom stereocenters. The Balaban J connectivity index is 1.40. The fourth-order valence-electron chi connectivity index (χ4n) is 8.47. The van der Waals surface area contributed by atoms with Gasteiger partial charge in [-0.15, -0.1) is 0 Å². The van der Waals surface area contributed by atoms with Crippen LogP contribution in [0.25, 0.3) is 32.9 Å². The normalized spacial score (nSPS) is 14.5. The van der Waals surface area contributed by atoms with Crippen LogP contribution >= 0.6 is 23.2 Å². The maximum atomic E-state index is 15.4. The molecule has 1 aliphatic rings. The van der Waals surface area contributed by atoms with Crippen molar-refractivity contribution in [1.82, 2.24) is 18.9 Å². The van der Waals surface area contributed by atoms with Crippen molar-refractivity contribution in [2.45, 2.75) is 86.9 Å². The number of hydrogen-bond donors (Lipinski definition) is 1. The molecule has 1 N–H and O–H groups in total. The molecule has 7 rings (SSSR count). The Labute approximate surface area is 337 Å². The van der Waals surface area contributed by atoms with Gasteiger partial charge >= 0.3 is 5.97 Å². The Morgan fingerprint density at radius 3 is 2.34 bits per heavy atom. The fraction of sp³-hybridized carbons (Fsp3) is 0.386. The van der Waals surface area contributed by atoms with E-state index in [4.69, 9.17) is 37.8 Å². The second-order valence-electron chi connectivity index (χ2n) is 15.4. The first-order valence-corrected chi connectivity index (χ1v) is 19.9. The first-order valence-electron chi connectivity index (χ1n) is 19.2. The van der Waals surface area contributed by atoms with Crippen LogP contribution in [0.2, 0.25) is 10.0 Å². The number of ether oxygens (including phenoxy) is 2. The van der Waals surface area contributed by atoms with Gasteiger partial charge in [0.05, 0.1) is 46.8 Å². The van der Waals surface area contributed by atoms with E-state index < -0.39 is 5.97 Å². The Kier molecular flexibility index (Phi) is 10.8. The Morgan fingerprint density at radius 2 is 1.70 bits per heavy atom. The summed E-state index contributed by atoms with van der Waals surface area (Å²) < 4.78 is 17.9. The minimum atomic E-state index is -1.10. The summed E-state index contributed by atoms with van der Waals surface area (Å²) in [6, 6.07) is 13.4. The highest BCUT2D eigenvalue weighted by Gasteiger charge is 2.40. The number of aromatic carboxylic acids is 1. The van der Waals surface area contributed by atoms with Gasteiger partial charge in [-0.3, -0.25) is 9.48 Å². The molecule has 0 saturated heterocycles. The summed E-state index contributed by atoms with van der Waals surface area (Å²) in [4.78, 5) is 30.4. The number of nitrogens with zero attached hydrogens (tertiary/aromatic N) is 5. The summed E-state index contributed by atoms with van der Waals surface area (Å²) >= 11 is 13.6. The average molecular weight is 799 g/mol. The zero-order chi connectivity index (χ0) is 40.3. The molecule has 294 valence electrons. The molecule has 12 heteroatoms. The SMILES string of the molecule is Cc1ccc2c(c1)c(N1C[C@@H](C)n3c(c(CCCOc4cc(C)c(Cl)c(C)c4)c4ccc(Cl)c(-c5c(C)nn(C)c5C)c43)C1=O)c(C(=O)O)n2CCOC(C)C. The van der Waals surface area contributed by atoms with Gasteiger partial charge in [-0.2, -0.15) is 5.10 Å². The van der Waals surface area contributed by atoms with Crippen molar-refractivity contribution in [3.8, 4) is 16.9 Å². The van der Waals surface area contributed by atoms with E-state index in [9.17, 15) is 9.90 Å². The van der Waals surface area contributed by atoms with Gasteiger partial charge in [-0.1, -0.05) is 40.9 Å². The number of carboxylic acid groups (broad SMARTS) is 1. The Bertz CT molecular complexity index is 2520. The molecule has 0 radical (unpaired) electrons. The standard InChI is InChI=1S/C44H49Cl2N5O5/c1-23(2)55-18-16-49-35-15-12-24(3)19-33(35)40(42(49)44(53)54)50-22-27(6)51-39-32(13-14-34(45)37(39)36-28(7)47-48(9)29(36)8)31(41(51)43(50)52)11-10-17-56-30-20-25(4)38(46)26(5)21-30/h12-15,19-21,23,27H,10-11,16-18,22H2,1-9H3,(H,53,54)/t27-/m1/s1. The number of hydrogen-bond acceptors (Lipinski definition) is 5. The number of halogens is 2. The van der Waals surface area contributed by atoms with E-state index in [1.54, 1.807) is 9.47 Å². The molecule has 3 aromatic carbocycles. The van der Waals surface area contributed by atoms with Crippen LogP contribution in [0.1, 0.15) is 87.9 Å². The van der Waals surface area contributed by atoms with Crippen LogP contribution in [-0.4, -0.2) is 61.8 Å². The zero-order valence-electron chi connectivity index (χ0n) is 33.5. The lowest BCUT2D eigenvalue weighted by molar-refractivity contribution is 0.0654. The monoisotopic (exact) mass is 797 g/mol. The van der Waals surface area contributed by atoms with Gasteiger partial charge in [0.15, 0.2) is 5.69 Å². The van der Waals surface area contributed by atoms with Crippen LogP contribution in [0, 0.1) is 34.6 Å². The number of anilines is 1. The number of aryl methyl sites for hydroxylation is 6. The van der Waals surface area contributed by atoms with Crippen LogP contribution in [0.3, 0.4) is 0 Å². The zero-order valence-corrected chi connectivity index (χ0v) is 35.0. The number of carbonyl (C=O) groups is 2. The van der Waals surface area contributed by atoms with Crippen molar-refractivity contribution >= 4 is 62.6 Å². The number of amides is 1. The molecule has 10 nitrogen and oxygen atoms in total. The summed E-state index contributed by atoms with van der Waals surface area (Å²) in [7, 11) is 1.92. The van der Waals surface area contributed by atoms with Crippen molar-refractivity contribution in [2.75, 3.05) is 24.7 Å². The minimum absolute atomic E-state index is 0.0147. The van der Waals surface area contributed by atoms with Crippen molar-refractivity contribution < 1.29 is 24.2 Å². The van der Waals surface area contributed by atoms with Gasteiger partial charge in [0, 0.05) is 58.8 Å². The molecular weight excluding hydrogens is 749 g/mol. The topological polar surface area (TPSA) is 104 Å².